The van der Waals surface area contributed by atoms with Crippen molar-refractivity contribution in [2.24, 2.45) is 0 Å². The molecule has 0 saturated heterocycles. The molecule has 168 valence electrons. The first-order chi connectivity index (χ1) is 15.6. The summed E-state index contributed by atoms with van der Waals surface area (Å²) in [6, 6.07) is 2.30. The number of anilines is 1. The Morgan fingerprint density at radius 3 is 2.73 bits per heavy atom. The molecule has 0 bridgehead atoms. The van der Waals surface area contributed by atoms with Gasteiger partial charge in [0.1, 0.15) is 16.4 Å². The fourth-order valence-corrected chi connectivity index (χ4v) is 4.87. The summed E-state index contributed by atoms with van der Waals surface area (Å²) in [5, 5.41) is 18.6. The van der Waals surface area contributed by atoms with E-state index >= 15 is 0 Å². The zero-order valence-corrected chi connectivity index (χ0v) is 19.5. The lowest BCUT2D eigenvalue weighted by Crippen LogP contribution is -2.16. The number of benzene rings is 1. The average Bonchev–Trinajstić information content (AvgIpc) is 3.29. The smallest absolute Gasteiger partial charge is 0.277 e. The van der Waals surface area contributed by atoms with Crippen LogP contribution in [-0.4, -0.2) is 32.8 Å². The lowest BCUT2D eigenvalue weighted by molar-refractivity contribution is 0.609. The summed E-state index contributed by atoms with van der Waals surface area (Å²) in [6.07, 6.45) is 5.13. The van der Waals surface area contributed by atoms with Crippen molar-refractivity contribution >= 4 is 62.0 Å². The van der Waals surface area contributed by atoms with Gasteiger partial charge >= 0.3 is 0 Å². The van der Waals surface area contributed by atoms with Crippen LogP contribution in [0.5, 0.6) is 0 Å². The van der Waals surface area contributed by atoms with Gasteiger partial charge in [-0.1, -0.05) is 34.5 Å². The Bertz CT molecular complexity index is 1650. The van der Waals surface area contributed by atoms with Crippen molar-refractivity contribution in [1.82, 2.24) is 24.4 Å². The van der Waals surface area contributed by atoms with E-state index < -0.39 is 21.4 Å². The molecule has 0 atom stereocenters. The molecule has 1 N–H and O–H groups in total. The highest BCUT2D eigenvalue weighted by molar-refractivity contribution is 7.95. The standard InChI is InChI=1S/C18H10Cl2FN7O3S2/c1-9-24-25-17(32-9)14-16-23-6-10(7-27(16)28(8-22)18(14)29)26-33(30,31)5-4-11-12(19)2-3-13(21)15(11)20/h2-7,26H,1H3/b5-4+. The number of sulfonamides is 1. The molecule has 0 spiro atoms. The van der Waals surface area contributed by atoms with Crippen molar-refractivity contribution in [2.45, 2.75) is 6.92 Å². The van der Waals surface area contributed by atoms with Crippen molar-refractivity contribution in [3.8, 4) is 16.8 Å². The van der Waals surface area contributed by atoms with E-state index in [1.807, 2.05) is 0 Å². The number of halogens is 3. The Balaban J connectivity index is 1.72. The quantitative estimate of drug-likeness (QED) is 0.393. The fraction of sp³-hybridized carbons (Fsp3) is 0.0556. The van der Waals surface area contributed by atoms with Crippen molar-refractivity contribution in [2.75, 3.05) is 4.72 Å². The highest BCUT2D eigenvalue weighted by Crippen LogP contribution is 2.29. The summed E-state index contributed by atoms with van der Waals surface area (Å²) in [6.45, 7) is 1.71. The molecule has 0 aliphatic rings. The normalized spacial score (nSPS) is 11.8. The molecule has 4 aromatic rings. The van der Waals surface area contributed by atoms with Gasteiger partial charge in [-0.2, -0.15) is 5.26 Å². The number of rotatable bonds is 5. The van der Waals surface area contributed by atoms with E-state index in [4.69, 9.17) is 23.2 Å². The first-order valence-corrected chi connectivity index (χ1v) is 11.9. The Morgan fingerprint density at radius 2 is 2.06 bits per heavy atom. The number of nitrogens with one attached hydrogen (secondary N) is 1. The van der Waals surface area contributed by atoms with Gasteiger partial charge in [0.15, 0.2) is 10.7 Å². The number of aryl methyl sites for hydroxylation is 1. The van der Waals surface area contributed by atoms with Crippen LogP contribution in [0, 0.1) is 24.2 Å². The van der Waals surface area contributed by atoms with Crippen molar-refractivity contribution in [3.63, 3.8) is 0 Å². The highest BCUT2D eigenvalue weighted by atomic mass is 35.5. The largest absolute Gasteiger partial charge is 0.293 e. The fourth-order valence-electron chi connectivity index (χ4n) is 2.83. The van der Waals surface area contributed by atoms with E-state index in [1.165, 1.54) is 18.5 Å². The minimum atomic E-state index is -4.13. The van der Waals surface area contributed by atoms with E-state index in [2.05, 4.69) is 19.9 Å². The van der Waals surface area contributed by atoms with Crippen LogP contribution in [0.25, 0.3) is 22.3 Å². The van der Waals surface area contributed by atoms with E-state index in [9.17, 15) is 22.9 Å². The molecule has 0 saturated carbocycles. The molecule has 0 aliphatic heterocycles. The van der Waals surface area contributed by atoms with Crippen LogP contribution in [-0.2, 0) is 10.0 Å². The number of nitrogens with zero attached hydrogens (tertiary/aromatic N) is 6. The number of fused-ring (bicyclic) bond motifs is 1. The van der Waals surface area contributed by atoms with Gasteiger partial charge < -0.3 is 0 Å². The predicted octanol–water partition coefficient (Wildman–Crippen LogP) is 3.51. The summed E-state index contributed by atoms with van der Waals surface area (Å²) in [4.78, 5) is 16.8. The Hall–Kier alpha value is -3.31. The SMILES string of the molecule is Cc1nnc(-c2c(=O)n(C#N)n3cc(NS(=O)(=O)/C=C/c4c(Cl)ccc(F)c4Cl)cnc23)s1. The Kier molecular flexibility index (Phi) is 5.93. The van der Waals surface area contributed by atoms with Gasteiger partial charge in [0.05, 0.1) is 28.5 Å². The molecule has 3 heterocycles. The number of hydrogen-bond donors (Lipinski definition) is 1. The topological polar surface area (TPSA) is 135 Å². The second kappa shape index (κ2) is 8.56. The van der Waals surface area contributed by atoms with Gasteiger partial charge in [-0.25, -0.2) is 22.3 Å². The lowest BCUT2D eigenvalue weighted by atomic mass is 10.2. The second-order valence-electron chi connectivity index (χ2n) is 6.44. The van der Waals surface area contributed by atoms with Gasteiger partial charge in [0, 0.05) is 10.6 Å². The molecule has 0 unspecified atom stereocenters. The minimum absolute atomic E-state index is 0.0157. The molecular formula is C18H10Cl2FN7O3S2. The predicted molar refractivity (Wildman–Crippen MR) is 122 cm³/mol. The zero-order chi connectivity index (χ0) is 23.9. The zero-order valence-electron chi connectivity index (χ0n) is 16.3. The van der Waals surface area contributed by atoms with Gasteiger partial charge in [0.2, 0.25) is 6.19 Å². The monoisotopic (exact) mass is 525 g/mol. The highest BCUT2D eigenvalue weighted by Gasteiger charge is 2.21. The summed E-state index contributed by atoms with van der Waals surface area (Å²) in [5.41, 5.74) is -0.599. The summed E-state index contributed by atoms with van der Waals surface area (Å²) < 4.78 is 42.7. The third kappa shape index (κ3) is 4.33. The summed E-state index contributed by atoms with van der Waals surface area (Å²) >= 11 is 12.9. The number of hydrogen-bond acceptors (Lipinski definition) is 8. The van der Waals surface area contributed by atoms with Crippen LogP contribution in [0.15, 0.2) is 34.7 Å². The molecule has 4 rings (SSSR count). The molecule has 3 aromatic heterocycles. The Labute approximate surface area is 199 Å². The molecule has 0 radical (unpaired) electrons. The number of nitriles is 1. The maximum atomic E-state index is 13.6. The molecule has 0 amide bonds. The van der Waals surface area contributed by atoms with Crippen molar-refractivity contribution in [1.29, 1.82) is 5.26 Å². The first-order valence-electron chi connectivity index (χ1n) is 8.79. The van der Waals surface area contributed by atoms with Gasteiger partial charge in [-0.15, -0.1) is 14.9 Å². The summed E-state index contributed by atoms with van der Waals surface area (Å²) in [7, 11) is -4.13. The van der Waals surface area contributed by atoms with Crippen LogP contribution in [0.3, 0.4) is 0 Å². The minimum Gasteiger partial charge on any atom is -0.277 e. The maximum absolute atomic E-state index is 13.6. The molecule has 15 heteroatoms. The van der Waals surface area contributed by atoms with Gasteiger partial charge in [0.25, 0.3) is 15.6 Å². The van der Waals surface area contributed by atoms with Crippen molar-refractivity contribution in [3.05, 3.63) is 66.7 Å². The molecule has 10 nitrogen and oxygen atoms in total. The number of aromatic nitrogens is 5. The lowest BCUT2D eigenvalue weighted by Gasteiger charge is -2.06. The third-order valence-electron chi connectivity index (χ3n) is 4.24. The van der Waals surface area contributed by atoms with Gasteiger partial charge in [-0.3, -0.25) is 9.52 Å². The average molecular weight is 526 g/mol. The van der Waals surface area contributed by atoms with Crippen molar-refractivity contribution < 1.29 is 12.8 Å². The van der Waals surface area contributed by atoms with E-state index in [0.29, 0.717) is 9.69 Å². The first kappa shape index (κ1) is 22.9. The second-order valence-corrected chi connectivity index (χ2v) is 9.97. The van der Waals surface area contributed by atoms with E-state index in [0.717, 1.165) is 33.4 Å². The van der Waals surface area contributed by atoms with Crippen LogP contribution >= 0.6 is 34.5 Å². The van der Waals surface area contributed by atoms with Crippen LogP contribution in [0.4, 0.5) is 10.1 Å². The molecule has 1 aromatic carbocycles. The van der Waals surface area contributed by atoms with Crippen LogP contribution in [0.1, 0.15) is 10.6 Å². The van der Waals surface area contributed by atoms with Crippen LogP contribution < -0.4 is 10.3 Å². The maximum Gasteiger partial charge on any atom is 0.293 e. The summed E-state index contributed by atoms with van der Waals surface area (Å²) in [5.74, 6) is -0.760. The van der Waals surface area contributed by atoms with E-state index in [-0.39, 0.29) is 37.5 Å². The van der Waals surface area contributed by atoms with E-state index in [1.54, 1.807) is 13.1 Å². The third-order valence-corrected chi connectivity index (χ3v) is 6.82. The molecular weight excluding hydrogens is 516 g/mol. The Morgan fingerprint density at radius 1 is 1.30 bits per heavy atom. The molecule has 33 heavy (non-hydrogen) atoms. The van der Waals surface area contributed by atoms with Crippen LogP contribution in [0.2, 0.25) is 10.0 Å². The van der Waals surface area contributed by atoms with Gasteiger partial charge in [-0.05, 0) is 25.1 Å². The molecule has 0 fully saturated rings. The molecule has 0 aliphatic carbocycles.